The van der Waals surface area contributed by atoms with Gasteiger partial charge in [0.25, 0.3) is 5.69 Å². The minimum absolute atomic E-state index is 0.118. The van der Waals surface area contributed by atoms with Crippen molar-refractivity contribution in [2.45, 2.75) is 24.4 Å². The van der Waals surface area contributed by atoms with E-state index in [1.807, 2.05) is 0 Å². The fraction of sp³-hybridized carbons (Fsp3) is 0.176. The first-order chi connectivity index (χ1) is 13.0. The van der Waals surface area contributed by atoms with Gasteiger partial charge in [-0.2, -0.15) is 4.31 Å². The van der Waals surface area contributed by atoms with Crippen LogP contribution in [-0.2, 0) is 21.4 Å². The Morgan fingerprint density at radius 1 is 1.07 bits per heavy atom. The van der Waals surface area contributed by atoms with Crippen molar-refractivity contribution in [3.8, 4) is 0 Å². The van der Waals surface area contributed by atoms with E-state index < -0.39 is 32.9 Å². The maximum Gasteiger partial charge on any atom is 0.335 e. The molecule has 0 saturated carbocycles. The van der Waals surface area contributed by atoms with Gasteiger partial charge in [-0.05, 0) is 36.8 Å². The minimum Gasteiger partial charge on any atom is -0.480 e. The summed E-state index contributed by atoms with van der Waals surface area (Å²) in [6, 6.07) is 7.98. The number of carboxylic acid groups (broad SMARTS) is 2. The smallest absolute Gasteiger partial charge is 0.335 e. The summed E-state index contributed by atoms with van der Waals surface area (Å²) < 4.78 is 26.6. The average Bonchev–Trinajstić information content (AvgIpc) is 2.65. The molecule has 0 aromatic heterocycles. The summed E-state index contributed by atoms with van der Waals surface area (Å²) in [4.78, 5) is 32.2. The number of hydrogen-bond donors (Lipinski definition) is 2. The number of aromatic carboxylic acids is 1. The monoisotopic (exact) mass is 408 g/mol. The summed E-state index contributed by atoms with van der Waals surface area (Å²) in [5, 5.41) is 29.0. The molecule has 0 bridgehead atoms. The van der Waals surface area contributed by atoms with Crippen LogP contribution < -0.4 is 0 Å². The maximum atomic E-state index is 12.9. The number of aliphatic carboxylic acids is 1. The van der Waals surface area contributed by atoms with Crippen molar-refractivity contribution in [1.29, 1.82) is 0 Å². The summed E-state index contributed by atoms with van der Waals surface area (Å²) in [5.74, 6) is -2.61. The van der Waals surface area contributed by atoms with E-state index in [-0.39, 0.29) is 22.7 Å². The Morgan fingerprint density at radius 2 is 1.61 bits per heavy atom. The lowest BCUT2D eigenvalue weighted by atomic mass is 10.2. The van der Waals surface area contributed by atoms with Crippen molar-refractivity contribution >= 4 is 27.6 Å². The van der Waals surface area contributed by atoms with E-state index in [9.17, 15) is 33.2 Å². The first kappa shape index (κ1) is 21.0. The highest BCUT2D eigenvalue weighted by Crippen LogP contribution is 2.23. The van der Waals surface area contributed by atoms with Gasteiger partial charge in [0.15, 0.2) is 0 Å². The Kier molecular flexibility index (Phi) is 6.11. The van der Waals surface area contributed by atoms with Crippen molar-refractivity contribution in [3.05, 3.63) is 69.8 Å². The number of nitro benzene ring substituents is 1. The van der Waals surface area contributed by atoms with Crippen LogP contribution in [0, 0.1) is 10.1 Å². The van der Waals surface area contributed by atoms with Crippen LogP contribution in [0.1, 0.15) is 22.8 Å². The van der Waals surface area contributed by atoms with Crippen LogP contribution in [0.5, 0.6) is 0 Å². The van der Waals surface area contributed by atoms with Crippen LogP contribution in [-0.4, -0.2) is 45.8 Å². The second kappa shape index (κ2) is 8.15. The second-order valence-corrected chi connectivity index (χ2v) is 7.71. The van der Waals surface area contributed by atoms with Gasteiger partial charge in [0.1, 0.15) is 6.04 Å². The van der Waals surface area contributed by atoms with Gasteiger partial charge < -0.3 is 10.2 Å². The molecule has 0 heterocycles. The molecular weight excluding hydrogens is 392 g/mol. The topological polar surface area (TPSA) is 155 Å². The molecule has 0 radical (unpaired) electrons. The molecule has 0 fully saturated rings. The van der Waals surface area contributed by atoms with Gasteiger partial charge in [0.2, 0.25) is 10.0 Å². The van der Waals surface area contributed by atoms with Gasteiger partial charge in [-0.25, -0.2) is 13.2 Å². The van der Waals surface area contributed by atoms with Crippen LogP contribution >= 0.6 is 0 Å². The van der Waals surface area contributed by atoms with Gasteiger partial charge in [0, 0.05) is 18.7 Å². The molecule has 0 aliphatic heterocycles. The molecular formula is C17H16N2O8S. The number of hydrogen-bond acceptors (Lipinski definition) is 6. The number of nitrogens with zero attached hydrogens (tertiary/aromatic N) is 2. The summed E-state index contributed by atoms with van der Waals surface area (Å²) >= 11 is 0. The standard InChI is InChI=1S/C17H16N2O8S/c1-11(16(20)21)18(10-12-2-6-14(7-3-12)19(24)25)28(26,27)15-8-4-13(5-9-15)17(22)23/h2-9,11H,10H2,1H3,(H,20,21)(H,22,23). The highest BCUT2D eigenvalue weighted by atomic mass is 32.2. The van der Waals surface area contributed by atoms with Crippen LogP contribution in [0.25, 0.3) is 0 Å². The third-order valence-electron chi connectivity index (χ3n) is 3.98. The predicted octanol–water partition coefficient (Wildman–Crippen LogP) is 1.96. The molecule has 0 spiro atoms. The Balaban J connectivity index is 2.42. The lowest BCUT2D eigenvalue weighted by molar-refractivity contribution is -0.384. The van der Waals surface area contributed by atoms with Gasteiger partial charge in [-0.3, -0.25) is 14.9 Å². The van der Waals surface area contributed by atoms with Crippen molar-refractivity contribution in [3.63, 3.8) is 0 Å². The van der Waals surface area contributed by atoms with Crippen molar-refractivity contribution in [1.82, 2.24) is 4.31 Å². The quantitative estimate of drug-likeness (QED) is 0.496. The van der Waals surface area contributed by atoms with Crippen molar-refractivity contribution < 1.29 is 33.1 Å². The Hall–Kier alpha value is -3.31. The molecule has 0 aliphatic rings. The maximum absolute atomic E-state index is 12.9. The number of carboxylic acids is 2. The van der Waals surface area contributed by atoms with Crippen LogP contribution in [0.4, 0.5) is 5.69 Å². The number of carbonyl (C=O) groups is 2. The Labute approximate surface area is 159 Å². The molecule has 0 aliphatic carbocycles. The number of sulfonamides is 1. The molecule has 10 nitrogen and oxygen atoms in total. The molecule has 1 atom stereocenters. The molecule has 2 rings (SSSR count). The van der Waals surface area contributed by atoms with E-state index in [1.54, 1.807) is 0 Å². The highest BCUT2D eigenvalue weighted by molar-refractivity contribution is 7.89. The van der Waals surface area contributed by atoms with E-state index in [2.05, 4.69) is 0 Å². The highest BCUT2D eigenvalue weighted by Gasteiger charge is 2.33. The predicted molar refractivity (Wildman–Crippen MR) is 96.3 cm³/mol. The normalized spacial score (nSPS) is 12.5. The van der Waals surface area contributed by atoms with E-state index in [4.69, 9.17) is 5.11 Å². The molecule has 11 heteroatoms. The molecule has 2 aromatic carbocycles. The average molecular weight is 408 g/mol. The van der Waals surface area contributed by atoms with Gasteiger partial charge >= 0.3 is 11.9 Å². The van der Waals surface area contributed by atoms with Crippen molar-refractivity contribution in [2.75, 3.05) is 0 Å². The fourth-order valence-corrected chi connectivity index (χ4v) is 3.94. The Bertz CT molecular complexity index is 1000. The zero-order valence-corrected chi connectivity index (χ0v) is 15.4. The van der Waals surface area contributed by atoms with Crippen LogP contribution in [0.3, 0.4) is 0 Å². The van der Waals surface area contributed by atoms with Crippen molar-refractivity contribution in [2.24, 2.45) is 0 Å². The molecule has 1 unspecified atom stereocenters. The Morgan fingerprint density at radius 3 is 2.04 bits per heavy atom. The van der Waals surface area contributed by atoms with Crippen LogP contribution in [0.2, 0.25) is 0 Å². The molecule has 148 valence electrons. The number of rotatable bonds is 8. The number of nitro groups is 1. The van der Waals surface area contributed by atoms with E-state index in [0.29, 0.717) is 5.56 Å². The summed E-state index contributed by atoms with van der Waals surface area (Å²) in [7, 11) is -4.29. The van der Waals surface area contributed by atoms with E-state index in [1.165, 1.54) is 31.2 Å². The van der Waals surface area contributed by atoms with Gasteiger partial charge in [-0.15, -0.1) is 0 Å². The van der Waals surface area contributed by atoms with E-state index >= 15 is 0 Å². The zero-order valence-electron chi connectivity index (χ0n) is 14.5. The fourth-order valence-electron chi connectivity index (χ4n) is 2.36. The molecule has 0 saturated heterocycles. The third kappa shape index (κ3) is 4.50. The molecule has 2 N–H and O–H groups in total. The first-order valence-electron chi connectivity index (χ1n) is 7.85. The summed E-state index contributed by atoms with van der Waals surface area (Å²) in [5.41, 5.74) is 0.0466. The third-order valence-corrected chi connectivity index (χ3v) is 5.91. The SMILES string of the molecule is CC(C(=O)O)N(Cc1ccc([N+](=O)[O-])cc1)S(=O)(=O)c1ccc(C(=O)O)cc1. The van der Waals surface area contributed by atoms with E-state index in [0.717, 1.165) is 28.6 Å². The second-order valence-electron chi connectivity index (χ2n) is 5.82. The summed E-state index contributed by atoms with van der Waals surface area (Å²) in [6.45, 7) is 0.853. The lowest BCUT2D eigenvalue weighted by Crippen LogP contribution is -2.42. The number of benzene rings is 2. The molecule has 2 aromatic rings. The molecule has 0 amide bonds. The largest absolute Gasteiger partial charge is 0.480 e. The lowest BCUT2D eigenvalue weighted by Gasteiger charge is -2.26. The number of non-ortho nitro benzene ring substituents is 1. The van der Waals surface area contributed by atoms with Gasteiger partial charge in [0.05, 0.1) is 15.4 Å². The minimum atomic E-state index is -4.29. The molecule has 28 heavy (non-hydrogen) atoms. The zero-order chi connectivity index (χ0) is 21.1. The first-order valence-corrected chi connectivity index (χ1v) is 9.29. The summed E-state index contributed by atoms with van der Waals surface area (Å²) in [6.07, 6.45) is 0. The van der Waals surface area contributed by atoms with Gasteiger partial charge in [-0.1, -0.05) is 12.1 Å². The van der Waals surface area contributed by atoms with Crippen LogP contribution in [0.15, 0.2) is 53.4 Å².